The SMILES string of the molecule is O=C(/C=C/c1cccnc1)NCCCCC1CCN(C(=O)c2ccc(N3CCC(N4CCN(CCC#Cc5ccc6c(c5)CN(C5CCC(=O)NC5=O)C6=O)CC4)CC3)nn2)CC1. The third kappa shape index (κ3) is 11.3. The number of benzene rings is 1. The Kier molecular flexibility index (Phi) is 14.5. The van der Waals surface area contributed by atoms with Crippen molar-refractivity contribution in [2.24, 2.45) is 5.92 Å². The standard InChI is InChI=1S/C48H58N10O5/c59-44(15-10-37-8-5-21-49-33-37)50-22-3-1-6-35-17-24-57(25-18-35)48(63)41-12-14-43(53-52-41)56-26-19-39(20-27-56)55-30-28-54(29-31-55)23-4-2-7-36-9-11-40-38(32-36)34-58(47(40)62)42-13-16-45(60)51-46(42)61/h5,8-12,14-15,21,32-33,35,39,42H,1,3-4,6,13,16-20,22-31,34H2,(H,50,59)(H,51,60,61)/b15-10+. The van der Waals surface area contributed by atoms with Gasteiger partial charge in [0.25, 0.3) is 11.8 Å². The molecular weight excluding hydrogens is 797 g/mol. The van der Waals surface area contributed by atoms with E-state index in [9.17, 15) is 24.0 Å². The molecule has 7 heterocycles. The van der Waals surface area contributed by atoms with Crippen LogP contribution >= 0.6 is 0 Å². The monoisotopic (exact) mass is 854 g/mol. The molecule has 1 aromatic carbocycles. The fourth-order valence-electron chi connectivity index (χ4n) is 9.51. The molecule has 0 radical (unpaired) electrons. The van der Waals surface area contributed by atoms with E-state index in [1.807, 2.05) is 41.3 Å². The van der Waals surface area contributed by atoms with Gasteiger partial charge in [-0.2, -0.15) is 0 Å². The molecule has 1 unspecified atom stereocenters. The van der Waals surface area contributed by atoms with Crippen LogP contribution in [-0.4, -0.2) is 142 Å². The molecule has 5 aliphatic heterocycles. The van der Waals surface area contributed by atoms with Crippen molar-refractivity contribution in [3.63, 3.8) is 0 Å². The van der Waals surface area contributed by atoms with Crippen LogP contribution in [0.25, 0.3) is 6.08 Å². The summed E-state index contributed by atoms with van der Waals surface area (Å²) in [5.74, 6) is 7.02. The number of fused-ring (bicyclic) bond motifs is 1. The van der Waals surface area contributed by atoms with Crippen LogP contribution in [0.1, 0.15) is 102 Å². The molecule has 63 heavy (non-hydrogen) atoms. The molecule has 8 rings (SSSR count). The number of pyridine rings is 1. The number of aromatic nitrogens is 3. The second-order valence-corrected chi connectivity index (χ2v) is 17.3. The summed E-state index contributed by atoms with van der Waals surface area (Å²) in [6, 6.07) is 13.1. The molecule has 15 heteroatoms. The van der Waals surface area contributed by atoms with E-state index in [2.05, 4.69) is 52.4 Å². The minimum atomic E-state index is -0.616. The number of piperazine rings is 1. The molecule has 0 saturated carbocycles. The highest BCUT2D eigenvalue weighted by atomic mass is 16.2. The van der Waals surface area contributed by atoms with Crippen LogP contribution in [-0.2, 0) is 20.9 Å². The van der Waals surface area contributed by atoms with Crippen molar-refractivity contribution < 1.29 is 24.0 Å². The topological polar surface area (TPSA) is 164 Å². The number of anilines is 1. The number of carbonyl (C=O) groups excluding carboxylic acids is 5. The van der Waals surface area contributed by atoms with E-state index < -0.39 is 11.9 Å². The predicted molar refractivity (Wildman–Crippen MR) is 238 cm³/mol. The van der Waals surface area contributed by atoms with Crippen LogP contribution in [0.2, 0.25) is 0 Å². The van der Waals surface area contributed by atoms with E-state index in [1.54, 1.807) is 35.5 Å². The Labute approximate surface area is 369 Å². The van der Waals surface area contributed by atoms with Gasteiger partial charge < -0.3 is 20.0 Å². The Morgan fingerprint density at radius 2 is 1.71 bits per heavy atom. The lowest BCUT2D eigenvalue weighted by molar-refractivity contribution is -0.137. The van der Waals surface area contributed by atoms with Crippen molar-refractivity contribution in [3.8, 4) is 11.8 Å². The molecular formula is C48H58N10O5. The van der Waals surface area contributed by atoms with Gasteiger partial charge in [-0.05, 0) is 98.0 Å². The highest BCUT2D eigenvalue weighted by molar-refractivity contribution is 6.05. The first-order chi connectivity index (χ1) is 30.8. The van der Waals surface area contributed by atoms with Gasteiger partial charge in [0.2, 0.25) is 17.7 Å². The Morgan fingerprint density at radius 1 is 0.889 bits per heavy atom. The Bertz CT molecular complexity index is 2200. The summed E-state index contributed by atoms with van der Waals surface area (Å²) in [7, 11) is 0. The van der Waals surface area contributed by atoms with E-state index >= 15 is 0 Å². The molecule has 0 aliphatic carbocycles. The molecule has 0 bridgehead atoms. The largest absolute Gasteiger partial charge is 0.355 e. The number of hydrogen-bond acceptors (Lipinski definition) is 11. The molecule has 2 aromatic heterocycles. The fourth-order valence-corrected chi connectivity index (χ4v) is 9.51. The summed E-state index contributed by atoms with van der Waals surface area (Å²) in [6.45, 7) is 9.34. The van der Waals surface area contributed by atoms with Crippen molar-refractivity contribution in [1.29, 1.82) is 0 Å². The maximum atomic E-state index is 13.3. The minimum Gasteiger partial charge on any atom is -0.355 e. The normalized spacial score (nSPS) is 20.4. The van der Waals surface area contributed by atoms with Crippen LogP contribution < -0.4 is 15.5 Å². The number of unbranched alkanes of at least 4 members (excludes halogenated alkanes) is 1. The van der Waals surface area contributed by atoms with Crippen LogP contribution in [0.5, 0.6) is 0 Å². The van der Waals surface area contributed by atoms with Gasteiger partial charge in [-0.15, -0.1) is 10.2 Å². The highest BCUT2D eigenvalue weighted by Gasteiger charge is 2.39. The third-order valence-electron chi connectivity index (χ3n) is 13.2. The van der Waals surface area contributed by atoms with Gasteiger partial charge in [-0.3, -0.25) is 44.1 Å². The van der Waals surface area contributed by atoms with Crippen LogP contribution in [0.3, 0.4) is 0 Å². The molecule has 5 aliphatic rings. The number of piperidine rings is 3. The van der Waals surface area contributed by atoms with Crippen molar-refractivity contribution in [2.75, 3.05) is 70.3 Å². The lowest BCUT2D eigenvalue weighted by atomic mass is 9.91. The average Bonchev–Trinajstić information content (AvgIpc) is 3.64. The second kappa shape index (κ2) is 20.9. The van der Waals surface area contributed by atoms with Crippen molar-refractivity contribution in [3.05, 3.63) is 88.9 Å². The molecule has 330 valence electrons. The van der Waals surface area contributed by atoms with E-state index in [-0.39, 0.29) is 30.0 Å². The Morgan fingerprint density at radius 3 is 2.46 bits per heavy atom. The smallest absolute Gasteiger partial charge is 0.274 e. The summed E-state index contributed by atoms with van der Waals surface area (Å²) in [4.78, 5) is 77.3. The molecule has 2 N–H and O–H groups in total. The Hall–Kier alpha value is -5.98. The van der Waals surface area contributed by atoms with Gasteiger partial charge >= 0.3 is 0 Å². The quantitative estimate of drug-likeness (QED) is 0.112. The van der Waals surface area contributed by atoms with Gasteiger partial charge in [0, 0.05) is 120 Å². The number of imide groups is 1. The minimum absolute atomic E-state index is 0.0427. The van der Waals surface area contributed by atoms with E-state index in [0.717, 1.165) is 133 Å². The molecule has 4 saturated heterocycles. The molecule has 1 atom stereocenters. The lowest BCUT2D eigenvalue weighted by Gasteiger charge is -2.42. The Balaban J connectivity index is 0.686. The molecule has 0 spiro atoms. The fraction of sp³-hybridized carbons (Fsp3) is 0.500. The number of likely N-dealkylation sites (tertiary alicyclic amines) is 1. The van der Waals surface area contributed by atoms with Gasteiger partial charge in [0.1, 0.15) is 6.04 Å². The van der Waals surface area contributed by atoms with Gasteiger partial charge in [0.05, 0.1) is 0 Å². The van der Waals surface area contributed by atoms with E-state index in [1.165, 1.54) is 0 Å². The maximum absolute atomic E-state index is 13.3. The first-order valence-corrected chi connectivity index (χ1v) is 22.7. The van der Waals surface area contributed by atoms with Crippen LogP contribution in [0.4, 0.5) is 5.82 Å². The number of nitrogens with zero attached hydrogens (tertiary/aromatic N) is 8. The summed E-state index contributed by atoms with van der Waals surface area (Å²) in [6.07, 6.45) is 15.3. The van der Waals surface area contributed by atoms with Crippen LogP contribution in [0.15, 0.2) is 60.9 Å². The van der Waals surface area contributed by atoms with E-state index in [4.69, 9.17) is 0 Å². The van der Waals surface area contributed by atoms with Gasteiger partial charge in [-0.25, -0.2) is 0 Å². The second-order valence-electron chi connectivity index (χ2n) is 17.3. The van der Waals surface area contributed by atoms with Gasteiger partial charge in [0.15, 0.2) is 11.5 Å². The van der Waals surface area contributed by atoms with Crippen molar-refractivity contribution in [1.82, 2.24) is 45.4 Å². The number of nitrogens with one attached hydrogen (secondary N) is 2. The number of carbonyl (C=O) groups is 5. The average molecular weight is 855 g/mol. The summed E-state index contributed by atoms with van der Waals surface area (Å²) >= 11 is 0. The van der Waals surface area contributed by atoms with Crippen LogP contribution in [0, 0.1) is 17.8 Å². The van der Waals surface area contributed by atoms with E-state index in [0.29, 0.717) is 42.7 Å². The van der Waals surface area contributed by atoms with Gasteiger partial charge in [-0.1, -0.05) is 30.7 Å². The molecule has 5 amide bonds. The zero-order valence-corrected chi connectivity index (χ0v) is 36.1. The number of hydrogen-bond donors (Lipinski definition) is 2. The number of rotatable bonds is 13. The summed E-state index contributed by atoms with van der Waals surface area (Å²) in [5, 5.41) is 14.2. The third-order valence-corrected chi connectivity index (χ3v) is 13.2. The first-order valence-electron chi connectivity index (χ1n) is 22.7. The molecule has 4 fully saturated rings. The summed E-state index contributed by atoms with van der Waals surface area (Å²) in [5.41, 5.74) is 3.64. The van der Waals surface area contributed by atoms with Crippen molar-refractivity contribution >= 4 is 41.4 Å². The maximum Gasteiger partial charge on any atom is 0.274 e. The first kappa shape index (κ1) is 43.7. The molecule has 15 nitrogen and oxygen atoms in total. The zero-order chi connectivity index (χ0) is 43.5. The number of amides is 5. The van der Waals surface area contributed by atoms with Crippen molar-refractivity contribution in [2.45, 2.75) is 82.8 Å². The molecule has 3 aromatic rings. The predicted octanol–water partition coefficient (Wildman–Crippen LogP) is 3.51. The lowest BCUT2D eigenvalue weighted by Crippen LogP contribution is -2.53. The zero-order valence-electron chi connectivity index (χ0n) is 36.1. The summed E-state index contributed by atoms with van der Waals surface area (Å²) < 4.78 is 0. The highest BCUT2D eigenvalue weighted by Crippen LogP contribution is 2.29.